The SMILES string of the molecule is O=C(CC1CCCNC1)N1CC2CCC1C2. The molecule has 3 nitrogen and oxygen atoms in total. The van der Waals surface area contributed by atoms with Crippen LogP contribution >= 0.6 is 0 Å². The van der Waals surface area contributed by atoms with Crippen molar-refractivity contribution in [3.8, 4) is 0 Å². The average Bonchev–Trinajstić information content (AvgIpc) is 2.92. The zero-order chi connectivity index (χ0) is 11.0. The van der Waals surface area contributed by atoms with Crippen molar-refractivity contribution < 1.29 is 4.79 Å². The molecule has 0 radical (unpaired) electrons. The number of hydrogen-bond acceptors (Lipinski definition) is 2. The topological polar surface area (TPSA) is 32.3 Å². The summed E-state index contributed by atoms with van der Waals surface area (Å²) in [6.07, 6.45) is 7.17. The summed E-state index contributed by atoms with van der Waals surface area (Å²) in [5.74, 6) is 1.86. The molecule has 16 heavy (non-hydrogen) atoms. The second-order valence-electron chi connectivity index (χ2n) is 5.80. The van der Waals surface area contributed by atoms with E-state index in [1.54, 1.807) is 0 Å². The number of nitrogens with one attached hydrogen (secondary N) is 1. The maximum absolute atomic E-state index is 12.2. The normalized spacial score (nSPS) is 38.0. The summed E-state index contributed by atoms with van der Waals surface area (Å²) in [5, 5.41) is 3.39. The van der Waals surface area contributed by atoms with Crippen molar-refractivity contribution in [3.63, 3.8) is 0 Å². The summed E-state index contributed by atoms with van der Waals surface area (Å²) in [7, 11) is 0. The molecule has 3 heteroatoms. The van der Waals surface area contributed by atoms with Crippen molar-refractivity contribution in [3.05, 3.63) is 0 Å². The Bertz CT molecular complexity index is 273. The van der Waals surface area contributed by atoms with Gasteiger partial charge in [-0.05, 0) is 57.0 Å². The Labute approximate surface area is 97.6 Å². The average molecular weight is 222 g/mol. The lowest BCUT2D eigenvalue weighted by Crippen LogP contribution is -2.40. The van der Waals surface area contributed by atoms with E-state index < -0.39 is 0 Å². The van der Waals surface area contributed by atoms with Gasteiger partial charge in [0, 0.05) is 19.0 Å². The molecule has 2 saturated heterocycles. The van der Waals surface area contributed by atoms with Crippen molar-refractivity contribution in [2.75, 3.05) is 19.6 Å². The Morgan fingerprint density at radius 2 is 2.25 bits per heavy atom. The highest BCUT2D eigenvalue weighted by Gasteiger charge is 2.40. The maximum Gasteiger partial charge on any atom is 0.223 e. The van der Waals surface area contributed by atoms with Crippen LogP contribution in [0.1, 0.15) is 38.5 Å². The quantitative estimate of drug-likeness (QED) is 0.765. The molecule has 3 unspecified atom stereocenters. The molecule has 0 aromatic carbocycles. The third-order valence-corrected chi connectivity index (χ3v) is 4.59. The Kier molecular flexibility index (Phi) is 2.88. The van der Waals surface area contributed by atoms with E-state index in [0.29, 0.717) is 17.9 Å². The monoisotopic (exact) mass is 222 g/mol. The number of nitrogens with zero attached hydrogens (tertiary/aromatic N) is 1. The van der Waals surface area contributed by atoms with Crippen molar-refractivity contribution in [2.45, 2.75) is 44.6 Å². The summed E-state index contributed by atoms with van der Waals surface area (Å²) in [6.45, 7) is 3.25. The summed E-state index contributed by atoms with van der Waals surface area (Å²) < 4.78 is 0. The number of fused-ring (bicyclic) bond motifs is 2. The van der Waals surface area contributed by atoms with Crippen LogP contribution in [-0.4, -0.2) is 36.5 Å². The van der Waals surface area contributed by atoms with Crippen LogP contribution in [0.15, 0.2) is 0 Å². The lowest BCUT2D eigenvalue weighted by molar-refractivity contribution is -0.134. The van der Waals surface area contributed by atoms with E-state index in [1.165, 1.54) is 32.1 Å². The minimum atomic E-state index is 0.431. The molecule has 90 valence electrons. The Hall–Kier alpha value is -0.570. The molecular formula is C13H22N2O. The smallest absolute Gasteiger partial charge is 0.223 e. The van der Waals surface area contributed by atoms with Gasteiger partial charge in [0.1, 0.15) is 0 Å². The van der Waals surface area contributed by atoms with Crippen molar-refractivity contribution >= 4 is 5.91 Å². The first kappa shape index (κ1) is 10.6. The molecule has 1 aliphatic carbocycles. The van der Waals surface area contributed by atoms with Crippen molar-refractivity contribution in [1.82, 2.24) is 10.2 Å². The third kappa shape index (κ3) is 1.97. The second kappa shape index (κ2) is 4.36. The van der Waals surface area contributed by atoms with Gasteiger partial charge >= 0.3 is 0 Å². The molecular weight excluding hydrogens is 200 g/mol. The first-order valence-corrected chi connectivity index (χ1v) is 6.83. The van der Waals surface area contributed by atoms with Crippen LogP contribution in [0.25, 0.3) is 0 Å². The van der Waals surface area contributed by atoms with Gasteiger partial charge in [0.15, 0.2) is 0 Å². The van der Waals surface area contributed by atoms with E-state index >= 15 is 0 Å². The summed E-state index contributed by atoms with van der Waals surface area (Å²) >= 11 is 0. The van der Waals surface area contributed by atoms with Gasteiger partial charge in [-0.1, -0.05) is 0 Å². The van der Waals surface area contributed by atoms with Gasteiger partial charge in [-0.15, -0.1) is 0 Å². The first-order chi connectivity index (χ1) is 7.83. The maximum atomic E-state index is 12.2. The van der Waals surface area contributed by atoms with Crippen LogP contribution in [0.4, 0.5) is 0 Å². The number of rotatable bonds is 2. The fraction of sp³-hybridized carbons (Fsp3) is 0.923. The van der Waals surface area contributed by atoms with E-state index in [9.17, 15) is 4.79 Å². The highest BCUT2D eigenvalue weighted by molar-refractivity contribution is 5.77. The van der Waals surface area contributed by atoms with Crippen LogP contribution in [0.5, 0.6) is 0 Å². The van der Waals surface area contributed by atoms with Gasteiger partial charge < -0.3 is 10.2 Å². The molecule has 2 heterocycles. The van der Waals surface area contributed by atoms with Crippen molar-refractivity contribution in [2.24, 2.45) is 11.8 Å². The molecule has 1 saturated carbocycles. The van der Waals surface area contributed by atoms with Gasteiger partial charge in [-0.3, -0.25) is 4.79 Å². The van der Waals surface area contributed by atoms with E-state index in [2.05, 4.69) is 10.2 Å². The number of carbonyl (C=O) groups is 1. The van der Waals surface area contributed by atoms with Gasteiger partial charge in [0.25, 0.3) is 0 Å². The van der Waals surface area contributed by atoms with E-state index in [-0.39, 0.29) is 0 Å². The number of amides is 1. The minimum absolute atomic E-state index is 0.431. The van der Waals surface area contributed by atoms with E-state index in [0.717, 1.165) is 32.0 Å². The fourth-order valence-electron chi connectivity index (χ4n) is 3.69. The van der Waals surface area contributed by atoms with Crippen LogP contribution in [0, 0.1) is 11.8 Å². The molecule has 3 rings (SSSR count). The molecule has 1 N–H and O–H groups in total. The van der Waals surface area contributed by atoms with E-state index in [4.69, 9.17) is 0 Å². The zero-order valence-corrected chi connectivity index (χ0v) is 9.95. The number of likely N-dealkylation sites (tertiary alicyclic amines) is 1. The Balaban J connectivity index is 1.53. The number of piperidine rings is 2. The van der Waals surface area contributed by atoms with Crippen LogP contribution in [0.2, 0.25) is 0 Å². The van der Waals surface area contributed by atoms with Crippen LogP contribution in [0.3, 0.4) is 0 Å². The number of carbonyl (C=O) groups excluding carboxylic acids is 1. The third-order valence-electron chi connectivity index (χ3n) is 4.59. The molecule has 0 aromatic rings. The largest absolute Gasteiger partial charge is 0.339 e. The van der Waals surface area contributed by atoms with Crippen molar-refractivity contribution in [1.29, 1.82) is 0 Å². The second-order valence-corrected chi connectivity index (χ2v) is 5.80. The Morgan fingerprint density at radius 1 is 1.31 bits per heavy atom. The highest BCUT2D eigenvalue weighted by atomic mass is 16.2. The number of hydrogen-bond donors (Lipinski definition) is 1. The lowest BCUT2D eigenvalue weighted by Gasteiger charge is -2.30. The lowest BCUT2D eigenvalue weighted by atomic mass is 9.95. The van der Waals surface area contributed by atoms with Gasteiger partial charge in [-0.2, -0.15) is 0 Å². The molecule has 2 aliphatic heterocycles. The van der Waals surface area contributed by atoms with Gasteiger partial charge in [0.2, 0.25) is 5.91 Å². The predicted molar refractivity (Wildman–Crippen MR) is 63.1 cm³/mol. The molecule has 3 fully saturated rings. The minimum Gasteiger partial charge on any atom is -0.339 e. The standard InChI is InChI=1S/C13H22N2O/c16-13(7-10-2-1-5-14-8-10)15-9-11-3-4-12(15)6-11/h10-12,14H,1-9H2. The predicted octanol–water partition coefficient (Wildman–Crippen LogP) is 1.39. The van der Waals surface area contributed by atoms with Crippen LogP contribution < -0.4 is 5.32 Å². The fourth-order valence-corrected chi connectivity index (χ4v) is 3.69. The molecule has 2 bridgehead atoms. The van der Waals surface area contributed by atoms with Gasteiger partial charge in [-0.25, -0.2) is 0 Å². The molecule has 0 spiro atoms. The molecule has 1 amide bonds. The highest BCUT2D eigenvalue weighted by Crippen LogP contribution is 2.38. The first-order valence-electron chi connectivity index (χ1n) is 6.83. The summed E-state index contributed by atoms with van der Waals surface area (Å²) in [4.78, 5) is 14.4. The summed E-state index contributed by atoms with van der Waals surface area (Å²) in [5.41, 5.74) is 0. The molecule has 0 aromatic heterocycles. The van der Waals surface area contributed by atoms with Crippen LogP contribution in [-0.2, 0) is 4.79 Å². The zero-order valence-electron chi connectivity index (χ0n) is 9.95. The summed E-state index contributed by atoms with van der Waals surface area (Å²) in [6, 6.07) is 0.606. The van der Waals surface area contributed by atoms with Gasteiger partial charge in [0.05, 0.1) is 0 Å². The molecule has 3 aliphatic rings. The van der Waals surface area contributed by atoms with E-state index in [1.807, 2.05) is 0 Å². The Morgan fingerprint density at radius 3 is 2.88 bits per heavy atom. The molecule has 3 atom stereocenters.